The summed E-state index contributed by atoms with van der Waals surface area (Å²) >= 11 is 1.22. The number of benzene rings is 1. The highest BCUT2D eigenvalue weighted by atomic mass is 32.1. The molecule has 0 atom stereocenters. The Hall–Kier alpha value is -3.19. The number of carbonyl (C=O) groups is 1. The molecule has 0 saturated carbocycles. The van der Waals surface area contributed by atoms with Crippen LogP contribution >= 0.6 is 11.3 Å². The quantitative estimate of drug-likeness (QED) is 0.483. The van der Waals surface area contributed by atoms with Crippen LogP contribution in [0, 0.1) is 13.8 Å². The van der Waals surface area contributed by atoms with Crippen LogP contribution < -0.4 is 5.32 Å². The van der Waals surface area contributed by atoms with Crippen molar-refractivity contribution in [2.24, 2.45) is 0 Å². The molecule has 2 N–H and O–H groups in total. The fraction of sp³-hybridized carbons (Fsp3) is 0.190. The third kappa shape index (κ3) is 3.48. The van der Waals surface area contributed by atoms with Gasteiger partial charge in [0.2, 0.25) is 0 Å². The first-order valence-corrected chi connectivity index (χ1v) is 9.71. The fourth-order valence-electron chi connectivity index (χ4n) is 3.26. The number of carboxylic acid groups (broad SMARTS) is 1. The van der Waals surface area contributed by atoms with Crippen LogP contribution in [0.4, 0.5) is 5.82 Å². The van der Waals surface area contributed by atoms with Crippen LogP contribution in [0.1, 0.15) is 26.6 Å². The maximum atomic E-state index is 11.3. The number of aromatic carboxylic acids is 1. The van der Waals surface area contributed by atoms with Crippen molar-refractivity contribution in [2.75, 3.05) is 11.9 Å². The lowest BCUT2D eigenvalue weighted by atomic mass is 10.1. The van der Waals surface area contributed by atoms with Gasteiger partial charge in [-0.25, -0.2) is 14.8 Å². The van der Waals surface area contributed by atoms with Gasteiger partial charge in [0, 0.05) is 23.6 Å². The molecule has 3 aromatic heterocycles. The molecule has 1 aromatic carbocycles. The smallest absolute Gasteiger partial charge is 0.346 e. The highest BCUT2D eigenvalue weighted by Gasteiger charge is 2.15. The predicted molar refractivity (Wildman–Crippen MR) is 110 cm³/mol. The van der Waals surface area contributed by atoms with E-state index in [1.54, 1.807) is 6.92 Å². The standard InChI is InChI=1S/C21H19N3O3S/c1-12-9-18(28-20(12)21(25)26)16-10-19(24-11-23-16)22-8-7-14-13(2)27-17-6-4-3-5-15(14)17/h3-6,9-11H,7-8H2,1-2H3,(H,25,26)(H,22,23,24). The fourth-order valence-corrected chi connectivity index (χ4v) is 4.24. The average Bonchev–Trinajstić information content (AvgIpc) is 3.22. The molecule has 0 fully saturated rings. The molecule has 142 valence electrons. The van der Waals surface area contributed by atoms with Crippen LogP contribution in [0.2, 0.25) is 0 Å². The van der Waals surface area contributed by atoms with Crippen LogP contribution in [-0.4, -0.2) is 27.6 Å². The van der Waals surface area contributed by atoms with E-state index in [-0.39, 0.29) is 0 Å². The third-order valence-electron chi connectivity index (χ3n) is 4.61. The monoisotopic (exact) mass is 393 g/mol. The first-order chi connectivity index (χ1) is 13.5. The van der Waals surface area contributed by atoms with Gasteiger partial charge < -0.3 is 14.8 Å². The number of anilines is 1. The summed E-state index contributed by atoms with van der Waals surface area (Å²) < 4.78 is 5.81. The zero-order chi connectivity index (χ0) is 19.7. The zero-order valence-electron chi connectivity index (χ0n) is 15.5. The SMILES string of the molecule is Cc1cc(-c2cc(NCCc3c(C)oc4ccccc34)ncn2)sc1C(=O)O. The van der Waals surface area contributed by atoms with Crippen LogP contribution in [0.15, 0.2) is 47.1 Å². The number of carboxylic acids is 1. The van der Waals surface area contributed by atoms with Crippen molar-refractivity contribution in [1.29, 1.82) is 0 Å². The second-order valence-electron chi connectivity index (χ2n) is 6.53. The van der Waals surface area contributed by atoms with Gasteiger partial charge in [-0.15, -0.1) is 11.3 Å². The van der Waals surface area contributed by atoms with Crippen molar-refractivity contribution in [3.8, 4) is 10.6 Å². The van der Waals surface area contributed by atoms with Gasteiger partial charge in [0.15, 0.2) is 0 Å². The van der Waals surface area contributed by atoms with Crippen molar-refractivity contribution in [2.45, 2.75) is 20.3 Å². The van der Waals surface area contributed by atoms with E-state index in [0.717, 1.165) is 33.6 Å². The van der Waals surface area contributed by atoms with Gasteiger partial charge in [0.05, 0.1) is 10.6 Å². The van der Waals surface area contributed by atoms with Crippen molar-refractivity contribution < 1.29 is 14.3 Å². The van der Waals surface area contributed by atoms with E-state index in [1.165, 1.54) is 23.2 Å². The number of para-hydroxylation sites is 1. The second kappa shape index (κ2) is 7.44. The van der Waals surface area contributed by atoms with Gasteiger partial charge in [-0.3, -0.25) is 0 Å². The Morgan fingerprint density at radius 2 is 2.04 bits per heavy atom. The number of aromatic nitrogens is 2. The summed E-state index contributed by atoms with van der Waals surface area (Å²) in [4.78, 5) is 21.0. The minimum atomic E-state index is -0.913. The molecular weight excluding hydrogens is 374 g/mol. The van der Waals surface area contributed by atoms with Crippen LogP contribution in [-0.2, 0) is 6.42 Å². The predicted octanol–water partition coefficient (Wildman–Crippen LogP) is 4.92. The number of nitrogens with one attached hydrogen (secondary N) is 1. The summed E-state index contributed by atoms with van der Waals surface area (Å²) in [5, 5.41) is 13.7. The Labute approximate surface area is 165 Å². The Balaban J connectivity index is 1.49. The van der Waals surface area contributed by atoms with Gasteiger partial charge in [-0.05, 0) is 38.0 Å². The maximum absolute atomic E-state index is 11.3. The number of rotatable bonds is 6. The first kappa shape index (κ1) is 18.2. The largest absolute Gasteiger partial charge is 0.477 e. The number of hydrogen-bond acceptors (Lipinski definition) is 6. The Kier molecular flexibility index (Phi) is 4.83. The van der Waals surface area contributed by atoms with E-state index < -0.39 is 5.97 Å². The number of fused-ring (bicyclic) bond motifs is 1. The molecule has 0 aliphatic heterocycles. The van der Waals surface area contributed by atoms with E-state index in [4.69, 9.17) is 4.42 Å². The third-order valence-corrected chi connectivity index (χ3v) is 5.86. The molecule has 0 saturated heterocycles. The van der Waals surface area contributed by atoms with Gasteiger partial charge in [0.1, 0.15) is 28.4 Å². The summed E-state index contributed by atoms with van der Waals surface area (Å²) in [6.45, 7) is 4.48. The lowest BCUT2D eigenvalue weighted by molar-refractivity contribution is 0.0701. The van der Waals surface area contributed by atoms with Crippen molar-refractivity contribution >= 4 is 34.1 Å². The molecule has 28 heavy (non-hydrogen) atoms. The van der Waals surface area contributed by atoms with E-state index in [9.17, 15) is 9.90 Å². The van der Waals surface area contributed by atoms with Crippen LogP contribution in [0.5, 0.6) is 0 Å². The van der Waals surface area contributed by atoms with E-state index in [1.807, 2.05) is 37.3 Å². The zero-order valence-corrected chi connectivity index (χ0v) is 16.3. The molecule has 6 nitrogen and oxygen atoms in total. The molecule has 0 radical (unpaired) electrons. The second-order valence-corrected chi connectivity index (χ2v) is 7.58. The topological polar surface area (TPSA) is 88.3 Å². The molecule has 4 aromatic rings. The molecule has 0 unspecified atom stereocenters. The number of aryl methyl sites for hydroxylation is 2. The van der Waals surface area contributed by atoms with Gasteiger partial charge in [-0.2, -0.15) is 0 Å². The van der Waals surface area contributed by atoms with E-state index >= 15 is 0 Å². The average molecular weight is 393 g/mol. The summed E-state index contributed by atoms with van der Waals surface area (Å²) in [7, 11) is 0. The number of thiophene rings is 1. The highest BCUT2D eigenvalue weighted by molar-refractivity contribution is 7.17. The molecule has 0 aliphatic carbocycles. The first-order valence-electron chi connectivity index (χ1n) is 8.90. The molecule has 4 rings (SSSR count). The summed E-state index contributed by atoms with van der Waals surface area (Å²) in [6, 6.07) is 11.7. The van der Waals surface area contributed by atoms with E-state index in [0.29, 0.717) is 22.9 Å². The van der Waals surface area contributed by atoms with Crippen molar-refractivity contribution in [1.82, 2.24) is 9.97 Å². The Morgan fingerprint density at radius 1 is 1.21 bits per heavy atom. The molecule has 0 aliphatic rings. The van der Waals surface area contributed by atoms with Gasteiger partial charge in [0.25, 0.3) is 0 Å². The van der Waals surface area contributed by atoms with Crippen molar-refractivity contribution in [3.05, 3.63) is 64.5 Å². The minimum absolute atomic E-state index is 0.338. The number of hydrogen-bond donors (Lipinski definition) is 2. The van der Waals surface area contributed by atoms with E-state index in [2.05, 4.69) is 21.4 Å². The van der Waals surface area contributed by atoms with Crippen LogP contribution in [0.3, 0.4) is 0 Å². The Bertz CT molecular complexity index is 1160. The highest BCUT2D eigenvalue weighted by Crippen LogP contribution is 2.31. The lowest BCUT2D eigenvalue weighted by Crippen LogP contribution is -2.07. The molecule has 0 spiro atoms. The maximum Gasteiger partial charge on any atom is 0.346 e. The van der Waals surface area contributed by atoms with Crippen molar-refractivity contribution in [3.63, 3.8) is 0 Å². The summed E-state index contributed by atoms with van der Waals surface area (Å²) in [5.74, 6) is 0.726. The summed E-state index contributed by atoms with van der Waals surface area (Å²) in [6.07, 6.45) is 2.30. The summed E-state index contributed by atoms with van der Waals surface area (Å²) in [5.41, 5.74) is 3.55. The molecule has 3 heterocycles. The molecule has 0 bridgehead atoms. The number of nitrogens with zero attached hydrogens (tertiary/aromatic N) is 2. The van der Waals surface area contributed by atoms with Gasteiger partial charge >= 0.3 is 5.97 Å². The molecular formula is C21H19N3O3S. The lowest BCUT2D eigenvalue weighted by Gasteiger charge is -2.06. The van der Waals surface area contributed by atoms with Crippen LogP contribution in [0.25, 0.3) is 21.5 Å². The normalized spacial score (nSPS) is 11.1. The molecule has 0 amide bonds. The Morgan fingerprint density at radius 3 is 2.82 bits per heavy atom. The van der Waals surface area contributed by atoms with Gasteiger partial charge in [-0.1, -0.05) is 18.2 Å². The molecule has 7 heteroatoms. The minimum Gasteiger partial charge on any atom is -0.477 e. The number of furan rings is 1.